The van der Waals surface area contributed by atoms with Crippen LogP contribution >= 0.6 is 0 Å². The van der Waals surface area contributed by atoms with Crippen molar-refractivity contribution in [3.8, 4) is 17.0 Å². The Balaban J connectivity index is 1.94. The Labute approximate surface area is 161 Å². The summed E-state index contributed by atoms with van der Waals surface area (Å²) in [6.07, 6.45) is 2.15. The maximum absolute atomic E-state index is 14.3. The molecule has 1 N–H and O–H groups in total. The van der Waals surface area contributed by atoms with Crippen molar-refractivity contribution in [1.29, 1.82) is 0 Å². The number of aromatic nitrogens is 2. The Morgan fingerprint density at radius 3 is 2.64 bits per heavy atom. The molecular formula is C19H17F2N3O3S. The van der Waals surface area contributed by atoms with Crippen molar-refractivity contribution in [2.24, 2.45) is 0 Å². The van der Waals surface area contributed by atoms with Gasteiger partial charge in [-0.25, -0.2) is 27.2 Å². The molecule has 28 heavy (non-hydrogen) atoms. The van der Waals surface area contributed by atoms with Crippen LogP contribution in [-0.4, -0.2) is 31.8 Å². The molecule has 0 spiro atoms. The highest BCUT2D eigenvalue weighted by atomic mass is 32.2. The molecule has 0 aliphatic rings. The normalized spacial score (nSPS) is 11.3. The summed E-state index contributed by atoms with van der Waals surface area (Å²) in [7, 11) is -1.83. The first kappa shape index (κ1) is 19.7. The van der Waals surface area contributed by atoms with Gasteiger partial charge in [-0.15, -0.1) is 0 Å². The Hall–Kier alpha value is -3.07. The Kier molecular flexibility index (Phi) is 5.55. The molecule has 1 aromatic heterocycles. The van der Waals surface area contributed by atoms with Crippen LogP contribution in [0.2, 0.25) is 0 Å². The third kappa shape index (κ3) is 4.80. The van der Waals surface area contributed by atoms with Gasteiger partial charge in [0.2, 0.25) is 5.95 Å². The fourth-order valence-corrected chi connectivity index (χ4v) is 3.43. The van der Waals surface area contributed by atoms with Gasteiger partial charge in [0.05, 0.1) is 19.1 Å². The lowest BCUT2D eigenvalue weighted by molar-refractivity contribution is 0.412. The van der Waals surface area contributed by atoms with Gasteiger partial charge in [-0.3, -0.25) is 0 Å². The van der Waals surface area contributed by atoms with E-state index in [4.69, 9.17) is 4.74 Å². The van der Waals surface area contributed by atoms with E-state index in [-0.39, 0.29) is 28.7 Å². The fraction of sp³-hybridized carbons (Fsp3) is 0.158. The maximum atomic E-state index is 14.3. The second kappa shape index (κ2) is 7.89. The summed E-state index contributed by atoms with van der Waals surface area (Å²) >= 11 is 0. The Morgan fingerprint density at radius 1 is 1.14 bits per heavy atom. The molecule has 0 amide bonds. The van der Waals surface area contributed by atoms with E-state index in [0.29, 0.717) is 11.3 Å². The van der Waals surface area contributed by atoms with Crippen LogP contribution in [0.15, 0.2) is 48.7 Å². The van der Waals surface area contributed by atoms with E-state index < -0.39 is 21.5 Å². The van der Waals surface area contributed by atoms with Crippen LogP contribution in [-0.2, 0) is 15.6 Å². The molecule has 0 bridgehead atoms. The molecule has 0 radical (unpaired) electrons. The van der Waals surface area contributed by atoms with Crippen molar-refractivity contribution >= 4 is 21.5 Å². The highest BCUT2D eigenvalue weighted by Gasteiger charge is 2.15. The summed E-state index contributed by atoms with van der Waals surface area (Å²) in [6, 6.07) is 10.4. The molecule has 9 heteroatoms. The number of ether oxygens (including phenoxy) is 1. The molecule has 6 nitrogen and oxygen atoms in total. The molecule has 146 valence electrons. The van der Waals surface area contributed by atoms with Gasteiger partial charge >= 0.3 is 0 Å². The number of methoxy groups -OCH3 is 1. The van der Waals surface area contributed by atoms with Crippen LogP contribution < -0.4 is 10.1 Å². The van der Waals surface area contributed by atoms with E-state index in [0.717, 1.165) is 18.5 Å². The molecule has 0 saturated heterocycles. The van der Waals surface area contributed by atoms with Gasteiger partial charge in [-0.05, 0) is 29.8 Å². The van der Waals surface area contributed by atoms with Crippen LogP contribution in [0.1, 0.15) is 5.56 Å². The van der Waals surface area contributed by atoms with Crippen LogP contribution in [0.5, 0.6) is 5.75 Å². The van der Waals surface area contributed by atoms with Crippen LogP contribution in [0.4, 0.5) is 20.4 Å². The zero-order valence-electron chi connectivity index (χ0n) is 15.1. The first-order chi connectivity index (χ1) is 13.2. The second-order valence-electron chi connectivity index (χ2n) is 6.13. The van der Waals surface area contributed by atoms with Crippen LogP contribution in [0, 0.1) is 11.6 Å². The molecule has 2 aromatic carbocycles. The predicted molar refractivity (Wildman–Crippen MR) is 102 cm³/mol. The minimum atomic E-state index is -3.18. The molecule has 0 aliphatic heterocycles. The molecule has 0 aliphatic carbocycles. The number of anilines is 2. The minimum Gasteiger partial charge on any atom is -0.496 e. The largest absolute Gasteiger partial charge is 0.496 e. The molecule has 0 saturated carbocycles. The third-order valence-electron chi connectivity index (χ3n) is 3.77. The van der Waals surface area contributed by atoms with Crippen molar-refractivity contribution in [2.45, 2.75) is 5.75 Å². The summed E-state index contributed by atoms with van der Waals surface area (Å²) in [5, 5.41) is 2.92. The number of hydrogen-bond donors (Lipinski definition) is 1. The van der Waals surface area contributed by atoms with E-state index in [1.807, 2.05) is 0 Å². The molecule has 0 unspecified atom stereocenters. The van der Waals surface area contributed by atoms with Crippen LogP contribution in [0.3, 0.4) is 0 Å². The molecule has 0 atom stereocenters. The van der Waals surface area contributed by atoms with E-state index in [1.165, 1.54) is 19.2 Å². The number of nitrogens with zero attached hydrogens (tertiary/aromatic N) is 2. The van der Waals surface area contributed by atoms with Gasteiger partial charge < -0.3 is 10.1 Å². The highest BCUT2D eigenvalue weighted by Crippen LogP contribution is 2.31. The standard InChI is InChI=1S/C19H17F2N3O3S/c1-27-17-9-13(20)6-7-15(17)18-16(21)10-22-19(24-18)23-14-5-3-4-12(8-14)11-28(2,25)26/h3-10H,11H2,1-2H3,(H,22,23,24). The summed E-state index contributed by atoms with van der Waals surface area (Å²) < 4.78 is 55.8. The molecule has 3 aromatic rings. The summed E-state index contributed by atoms with van der Waals surface area (Å²) in [5.41, 5.74) is 1.36. The predicted octanol–water partition coefficient (Wildman–Crippen LogP) is 3.72. The SMILES string of the molecule is COc1cc(F)ccc1-c1nc(Nc2cccc(CS(C)(=O)=O)c2)ncc1F. The first-order valence-corrected chi connectivity index (χ1v) is 10.2. The van der Waals surface area contributed by atoms with E-state index in [1.54, 1.807) is 24.3 Å². The quantitative estimate of drug-likeness (QED) is 0.673. The first-order valence-electron chi connectivity index (χ1n) is 8.15. The lowest BCUT2D eigenvalue weighted by Crippen LogP contribution is -2.03. The van der Waals surface area contributed by atoms with Gasteiger partial charge in [0.15, 0.2) is 15.7 Å². The smallest absolute Gasteiger partial charge is 0.227 e. The zero-order chi connectivity index (χ0) is 20.3. The lowest BCUT2D eigenvalue weighted by atomic mass is 10.1. The monoisotopic (exact) mass is 405 g/mol. The maximum Gasteiger partial charge on any atom is 0.227 e. The number of halogens is 2. The number of rotatable bonds is 6. The lowest BCUT2D eigenvalue weighted by Gasteiger charge is -2.11. The Bertz CT molecular complexity index is 1120. The van der Waals surface area contributed by atoms with E-state index >= 15 is 0 Å². The fourth-order valence-electron chi connectivity index (χ4n) is 2.65. The number of hydrogen-bond acceptors (Lipinski definition) is 6. The van der Waals surface area contributed by atoms with Gasteiger partial charge in [-0.1, -0.05) is 12.1 Å². The average Bonchev–Trinajstić information content (AvgIpc) is 2.62. The van der Waals surface area contributed by atoms with E-state index in [2.05, 4.69) is 15.3 Å². The zero-order valence-corrected chi connectivity index (χ0v) is 15.9. The van der Waals surface area contributed by atoms with E-state index in [9.17, 15) is 17.2 Å². The van der Waals surface area contributed by atoms with Gasteiger partial charge in [0.1, 0.15) is 17.3 Å². The number of benzene rings is 2. The minimum absolute atomic E-state index is 0.0540. The van der Waals surface area contributed by atoms with Crippen molar-refractivity contribution in [3.63, 3.8) is 0 Å². The second-order valence-corrected chi connectivity index (χ2v) is 8.27. The van der Waals surface area contributed by atoms with Crippen molar-refractivity contribution in [3.05, 3.63) is 65.9 Å². The summed E-state index contributed by atoms with van der Waals surface area (Å²) in [4.78, 5) is 8.07. The molecule has 0 fully saturated rings. The van der Waals surface area contributed by atoms with Crippen molar-refractivity contribution < 1.29 is 21.9 Å². The summed E-state index contributed by atoms with van der Waals surface area (Å²) in [6.45, 7) is 0. The third-order valence-corrected chi connectivity index (χ3v) is 4.63. The Morgan fingerprint density at radius 2 is 1.93 bits per heavy atom. The van der Waals surface area contributed by atoms with Gasteiger partial charge in [0.25, 0.3) is 0 Å². The van der Waals surface area contributed by atoms with Crippen LogP contribution in [0.25, 0.3) is 11.3 Å². The van der Waals surface area contributed by atoms with Gasteiger partial charge in [0, 0.05) is 23.6 Å². The van der Waals surface area contributed by atoms with Gasteiger partial charge in [-0.2, -0.15) is 0 Å². The molecular weight excluding hydrogens is 388 g/mol. The topological polar surface area (TPSA) is 81.2 Å². The number of nitrogens with one attached hydrogen (secondary N) is 1. The highest BCUT2D eigenvalue weighted by molar-refractivity contribution is 7.89. The molecule has 3 rings (SSSR count). The molecule has 1 heterocycles. The summed E-state index contributed by atoms with van der Waals surface area (Å²) in [5.74, 6) is -1.08. The van der Waals surface area contributed by atoms with Crippen molar-refractivity contribution in [2.75, 3.05) is 18.7 Å². The van der Waals surface area contributed by atoms with Crippen molar-refractivity contribution in [1.82, 2.24) is 9.97 Å². The average molecular weight is 405 g/mol. The number of sulfone groups is 1.